The van der Waals surface area contributed by atoms with E-state index in [1.165, 1.54) is 0 Å². The highest BCUT2D eigenvalue weighted by Gasteiger charge is 1.96. The Morgan fingerprint density at radius 2 is 1.87 bits per heavy atom. The molecule has 0 aromatic carbocycles. The van der Waals surface area contributed by atoms with Gasteiger partial charge in [-0.15, -0.1) is 0 Å². The molecule has 0 fully saturated rings. The van der Waals surface area contributed by atoms with Crippen molar-refractivity contribution in [3.05, 3.63) is 18.0 Å². The molecule has 0 aliphatic heterocycles. The van der Waals surface area contributed by atoms with Gasteiger partial charge in [0.15, 0.2) is 0 Å². The molecule has 0 amide bonds. The molecule has 0 radical (unpaired) electrons. The molecule has 0 bridgehead atoms. The van der Waals surface area contributed by atoms with Crippen molar-refractivity contribution in [1.29, 1.82) is 0 Å². The van der Waals surface area contributed by atoms with Crippen LogP contribution in [0.3, 0.4) is 0 Å². The highest BCUT2D eigenvalue weighted by atomic mass is 31.0. The maximum absolute atomic E-state index is 4.86. The predicted octanol–water partition coefficient (Wildman–Crippen LogP) is 2.25. The van der Waals surface area contributed by atoms with Crippen molar-refractivity contribution in [1.82, 2.24) is 9.97 Å². The first kappa shape index (κ1) is 14.3. The van der Waals surface area contributed by atoms with Crippen molar-refractivity contribution in [3.8, 4) is 6.01 Å². The van der Waals surface area contributed by atoms with Crippen molar-refractivity contribution < 1.29 is 9.26 Å². The standard InChI is InChI=1S/C8H13N2O2P.C2H6/c1-11-8-9-5-7(6-10-8)3-2-4-12-13;1-2/h5-6H,2-4,13H2,1H3;1-2H3. The van der Waals surface area contributed by atoms with Crippen LogP contribution in [0.25, 0.3) is 0 Å². The van der Waals surface area contributed by atoms with Crippen LogP contribution < -0.4 is 4.74 Å². The van der Waals surface area contributed by atoms with Crippen LogP contribution in [0, 0.1) is 0 Å². The van der Waals surface area contributed by atoms with Gasteiger partial charge in [-0.2, -0.15) is 0 Å². The molecule has 1 unspecified atom stereocenters. The molecule has 86 valence electrons. The molecule has 4 nitrogen and oxygen atoms in total. The summed E-state index contributed by atoms with van der Waals surface area (Å²) < 4.78 is 9.70. The van der Waals surface area contributed by atoms with Crippen LogP contribution in [-0.4, -0.2) is 23.7 Å². The monoisotopic (exact) mass is 230 g/mol. The molecule has 0 saturated carbocycles. The van der Waals surface area contributed by atoms with Crippen molar-refractivity contribution in [2.24, 2.45) is 0 Å². The fraction of sp³-hybridized carbons (Fsp3) is 0.600. The van der Waals surface area contributed by atoms with E-state index < -0.39 is 0 Å². The summed E-state index contributed by atoms with van der Waals surface area (Å²) in [6, 6.07) is 0.408. The average Bonchev–Trinajstić information content (AvgIpc) is 2.33. The lowest BCUT2D eigenvalue weighted by atomic mass is 10.2. The van der Waals surface area contributed by atoms with Crippen molar-refractivity contribution in [2.45, 2.75) is 26.7 Å². The Kier molecular flexibility index (Phi) is 9.33. The van der Waals surface area contributed by atoms with E-state index in [4.69, 9.17) is 9.26 Å². The zero-order valence-corrected chi connectivity index (χ0v) is 10.7. The molecule has 0 aliphatic rings. The summed E-state index contributed by atoms with van der Waals surface area (Å²) in [5.41, 5.74) is 1.10. The van der Waals surface area contributed by atoms with Crippen molar-refractivity contribution in [3.63, 3.8) is 0 Å². The Hall–Kier alpha value is -0.730. The van der Waals surface area contributed by atoms with E-state index in [1.54, 1.807) is 19.5 Å². The third kappa shape index (κ3) is 6.37. The van der Waals surface area contributed by atoms with Crippen molar-refractivity contribution >= 4 is 9.47 Å². The summed E-state index contributed by atoms with van der Waals surface area (Å²) >= 11 is 0. The number of hydrogen-bond donors (Lipinski definition) is 0. The molecule has 0 aliphatic carbocycles. The highest BCUT2D eigenvalue weighted by molar-refractivity contribution is 7.09. The maximum atomic E-state index is 4.86. The Morgan fingerprint density at radius 1 is 1.27 bits per heavy atom. The molecule has 1 heterocycles. The molecule has 0 spiro atoms. The van der Waals surface area contributed by atoms with Crippen LogP contribution in [0.4, 0.5) is 0 Å². The Balaban J connectivity index is 0.000000921. The van der Waals surface area contributed by atoms with Gasteiger partial charge in [-0.05, 0) is 18.4 Å². The number of aryl methyl sites for hydroxylation is 1. The van der Waals surface area contributed by atoms with E-state index in [2.05, 4.69) is 19.4 Å². The molecule has 1 aromatic heterocycles. The van der Waals surface area contributed by atoms with Gasteiger partial charge < -0.3 is 9.26 Å². The van der Waals surface area contributed by atoms with Gasteiger partial charge in [0.05, 0.1) is 13.7 Å². The average molecular weight is 230 g/mol. The topological polar surface area (TPSA) is 44.2 Å². The van der Waals surface area contributed by atoms with Gasteiger partial charge in [-0.3, -0.25) is 0 Å². The first-order valence-electron chi connectivity index (χ1n) is 5.03. The van der Waals surface area contributed by atoms with Crippen LogP contribution in [0.15, 0.2) is 12.4 Å². The SMILES string of the molecule is CC.COc1ncc(CCCOP)cn1. The van der Waals surface area contributed by atoms with E-state index in [-0.39, 0.29) is 0 Å². The van der Waals surface area contributed by atoms with E-state index in [1.807, 2.05) is 13.8 Å². The third-order valence-electron chi connectivity index (χ3n) is 1.59. The highest BCUT2D eigenvalue weighted by Crippen LogP contribution is 2.04. The summed E-state index contributed by atoms with van der Waals surface area (Å²) in [5, 5.41) is 0. The van der Waals surface area contributed by atoms with E-state index in [0.29, 0.717) is 6.01 Å². The molecular weight excluding hydrogens is 211 g/mol. The quantitative estimate of drug-likeness (QED) is 0.575. The summed E-state index contributed by atoms with van der Waals surface area (Å²) in [6.45, 7) is 4.73. The summed E-state index contributed by atoms with van der Waals surface area (Å²) in [7, 11) is 3.78. The van der Waals surface area contributed by atoms with Crippen LogP contribution in [-0.2, 0) is 10.9 Å². The minimum absolute atomic E-state index is 0.408. The van der Waals surface area contributed by atoms with Crippen LogP contribution >= 0.6 is 9.47 Å². The maximum Gasteiger partial charge on any atom is 0.316 e. The zero-order chi connectivity index (χ0) is 11.5. The predicted molar refractivity (Wildman–Crippen MR) is 63.9 cm³/mol. The first-order valence-corrected chi connectivity index (χ1v) is 5.50. The lowest BCUT2D eigenvalue weighted by Crippen LogP contribution is -1.95. The Bertz CT molecular complexity index is 242. The second kappa shape index (κ2) is 9.81. The van der Waals surface area contributed by atoms with Gasteiger partial charge in [0.2, 0.25) is 0 Å². The minimum atomic E-state index is 0.408. The van der Waals surface area contributed by atoms with Crippen LogP contribution in [0.2, 0.25) is 0 Å². The van der Waals surface area contributed by atoms with Gasteiger partial charge in [0.25, 0.3) is 0 Å². The second-order valence-electron chi connectivity index (χ2n) is 2.55. The molecule has 1 aromatic rings. The smallest absolute Gasteiger partial charge is 0.316 e. The Morgan fingerprint density at radius 3 is 2.33 bits per heavy atom. The number of aromatic nitrogens is 2. The first-order chi connectivity index (χ1) is 7.36. The molecule has 1 rings (SSSR count). The number of nitrogens with zero attached hydrogens (tertiary/aromatic N) is 2. The lowest BCUT2D eigenvalue weighted by molar-refractivity contribution is 0.361. The molecule has 0 N–H and O–H groups in total. The largest absolute Gasteiger partial charge is 0.467 e. The fourth-order valence-corrected chi connectivity index (χ4v) is 1.10. The van der Waals surface area contributed by atoms with E-state index >= 15 is 0 Å². The van der Waals surface area contributed by atoms with Crippen molar-refractivity contribution in [2.75, 3.05) is 13.7 Å². The van der Waals surface area contributed by atoms with Crippen LogP contribution in [0.5, 0.6) is 6.01 Å². The number of ether oxygens (including phenoxy) is 1. The number of methoxy groups -OCH3 is 1. The minimum Gasteiger partial charge on any atom is -0.467 e. The molecule has 15 heavy (non-hydrogen) atoms. The van der Waals surface area contributed by atoms with Gasteiger partial charge >= 0.3 is 6.01 Å². The van der Waals surface area contributed by atoms with Gasteiger partial charge in [-0.1, -0.05) is 13.8 Å². The fourth-order valence-electron chi connectivity index (χ4n) is 0.937. The van der Waals surface area contributed by atoms with E-state index in [0.717, 1.165) is 25.0 Å². The van der Waals surface area contributed by atoms with Gasteiger partial charge in [0, 0.05) is 21.9 Å². The summed E-state index contributed by atoms with van der Waals surface area (Å²) in [6.07, 6.45) is 5.45. The van der Waals surface area contributed by atoms with Gasteiger partial charge in [0.1, 0.15) is 0 Å². The van der Waals surface area contributed by atoms with Crippen LogP contribution in [0.1, 0.15) is 25.8 Å². The summed E-state index contributed by atoms with van der Waals surface area (Å²) in [4.78, 5) is 7.99. The normalized spacial score (nSPS) is 9.07. The number of rotatable bonds is 5. The van der Waals surface area contributed by atoms with Gasteiger partial charge in [-0.25, -0.2) is 9.97 Å². The molecule has 1 atom stereocenters. The lowest BCUT2D eigenvalue weighted by Gasteiger charge is -2.00. The summed E-state index contributed by atoms with van der Waals surface area (Å²) in [5.74, 6) is 0. The number of hydrogen-bond acceptors (Lipinski definition) is 4. The molecule has 5 heteroatoms. The van der Waals surface area contributed by atoms with E-state index in [9.17, 15) is 0 Å². The second-order valence-corrected chi connectivity index (χ2v) is 2.89. The Labute approximate surface area is 93.7 Å². The molecular formula is C10H19N2O2P. The molecule has 0 saturated heterocycles. The third-order valence-corrected chi connectivity index (χ3v) is 1.83. The zero-order valence-electron chi connectivity index (χ0n) is 9.56.